The van der Waals surface area contributed by atoms with Crippen LogP contribution in [0.3, 0.4) is 0 Å². The number of hydrogen-bond donors (Lipinski definition) is 2. The second-order valence-corrected chi connectivity index (χ2v) is 17.1. The monoisotopic (exact) mass is 896 g/mol. The predicted molar refractivity (Wildman–Crippen MR) is 258 cm³/mol. The van der Waals surface area contributed by atoms with Gasteiger partial charge in [-0.25, -0.2) is 18.7 Å². The maximum Gasteiger partial charge on any atom is 0.339 e. The Morgan fingerprint density at radius 1 is 0.545 bits per heavy atom. The molecule has 346 valence electrons. The molecule has 2 N–H and O–H groups in total. The van der Waals surface area contributed by atoms with Crippen LogP contribution in [0, 0.1) is 0 Å². The number of hydrogen-bond acceptors (Lipinski definition) is 8. The third-order valence-electron chi connectivity index (χ3n) is 12.2. The first kappa shape index (κ1) is 47.5. The molecule has 12 heteroatoms. The summed E-state index contributed by atoms with van der Waals surface area (Å²) in [6, 6.07) is 28.8. The van der Waals surface area contributed by atoms with Crippen LogP contribution in [-0.4, -0.2) is 87.0 Å². The molecule has 0 aliphatic carbocycles. The lowest BCUT2D eigenvalue weighted by molar-refractivity contribution is -0.671. The summed E-state index contributed by atoms with van der Waals surface area (Å²) in [5.74, 6) is -2.43. The average molecular weight is 897 g/mol. The van der Waals surface area contributed by atoms with Crippen molar-refractivity contribution in [2.45, 2.75) is 63.5 Å². The normalized spacial score (nSPS) is 16.2. The van der Waals surface area contributed by atoms with Gasteiger partial charge >= 0.3 is 11.9 Å². The van der Waals surface area contributed by atoms with E-state index >= 15 is 0 Å². The number of aromatic carboxylic acids is 2. The molecule has 4 heterocycles. The lowest BCUT2D eigenvalue weighted by Gasteiger charge is -2.27. The minimum atomic E-state index is -1.22. The number of carbonyl (C=O) groups is 2. The molecule has 0 bridgehead atoms. The SMILES string of the molecule is C[n+]1ccc(C=Cc2ccc(N3CCC[C@H]3COCCCCOc3cc(C(=O)O)c(OCCCCOC[C@@H]4CCCN4c4ccc(C=Cc5cc[n+](C)cc5)cc4)cc3C(=O)O)cc2)cc1. The first-order valence-electron chi connectivity index (χ1n) is 23.3. The maximum atomic E-state index is 12.2. The molecule has 2 atom stereocenters. The number of unbranched alkanes of at least 4 members (excludes halogenated alkanes) is 2. The Bertz CT molecular complexity index is 2220. The fraction of sp³-hybridized carbons (Fsp3) is 0.370. The summed E-state index contributed by atoms with van der Waals surface area (Å²) < 4.78 is 27.9. The fourth-order valence-electron chi connectivity index (χ4n) is 8.43. The van der Waals surface area contributed by atoms with Crippen LogP contribution in [0.2, 0.25) is 0 Å². The first-order chi connectivity index (χ1) is 32.2. The van der Waals surface area contributed by atoms with Crippen molar-refractivity contribution in [2.75, 3.05) is 62.5 Å². The number of carboxylic acid groups (broad SMARTS) is 2. The molecule has 2 aliphatic heterocycles. The number of nitrogens with zero attached hydrogens (tertiary/aromatic N) is 4. The molecule has 2 saturated heterocycles. The van der Waals surface area contributed by atoms with Gasteiger partial charge in [0.15, 0.2) is 24.8 Å². The van der Waals surface area contributed by atoms with E-state index in [-0.39, 0.29) is 35.8 Å². The predicted octanol–water partition coefficient (Wildman–Crippen LogP) is 8.76. The van der Waals surface area contributed by atoms with E-state index < -0.39 is 11.9 Å². The molecule has 7 rings (SSSR count). The van der Waals surface area contributed by atoms with Crippen LogP contribution in [0.25, 0.3) is 24.3 Å². The van der Waals surface area contributed by atoms with Crippen molar-refractivity contribution in [3.05, 3.63) is 143 Å². The van der Waals surface area contributed by atoms with E-state index in [9.17, 15) is 19.8 Å². The summed E-state index contributed by atoms with van der Waals surface area (Å²) in [5, 5.41) is 20.0. The number of carboxylic acids is 2. The van der Waals surface area contributed by atoms with E-state index in [1.807, 2.05) is 48.0 Å². The van der Waals surface area contributed by atoms with Crippen LogP contribution >= 0.6 is 0 Å². The topological polar surface area (TPSA) is 126 Å². The minimum absolute atomic E-state index is 0.00472. The molecule has 66 heavy (non-hydrogen) atoms. The van der Waals surface area contributed by atoms with E-state index in [0.29, 0.717) is 64.2 Å². The van der Waals surface area contributed by atoms with Gasteiger partial charge in [0.25, 0.3) is 0 Å². The molecule has 0 radical (unpaired) electrons. The zero-order chi connectivity index (χ0) is 46.1. The van der Waals surface area contributed by atoms with Crippen LogP contribution in [0.5, 0.6) is 11.5 Å². The Morgan fingerprint density at radius 3 is 1.26 bits per heavy atom. The number of anilines is 2. The molecule has 0 saturated carbocycles. The highest BCUT2D eigenvalue weighted by atomic mass is 16.5. The van der Waals surface area contributed by atoms with Crippen molar-refractivity contribution in [3.63, 3.8) is 0 Å². The van der Waals surface area contributed by atoms with Crippen molar-refractivity contribution >= 4 is 47.6 Å². The largest absolute Gasteiger partial charge is 0.493 e. The van der Waals surface area contributed by atoms with Gasteiger partial charge in [-0.2, -0.15) is 0 Å². The summed E-state index contributed by atoms with van der Waals surface area (Å²) >= 11 is 0. The van der Waals surface area contributed by atoms with Gasteiger partial charge in [0.1, 0.15) is 36.7 Å². The van der Waals surface area contributed by atoms with E-state index in [1.54, 1.807) is 0 Å². The molecule has 5 aromatic rings. The van der Waals surface area contributed by atoms with Gasteiger partial charge in [0.2, 0.25) is 0 Å². The lowest BCUT2D eigenvalue weighted by atomic mass is 10.1. The fourth-order valence-corrected chi connectivity index (χ4v) is 8.43. The molecule has 2 aliphatic rings. The van der Waals surface area contributed by atoms with Gasteiger partial charge in [-0.05, 0) is 110 Å². The molecule has 12 nitrogen and oxygen atoms in total. The highest BCUT2D eigenvalue weighted by molar-refractivity contribution is 5.97. The molecular formula is C54H64N4O8+2. The van der Waals surface area contributed by atoms with Crippen LogP contribution in [-0.2, 0) is 23.6 Å². The Balaban J connectivity index is 0.789. The van der Waals surface area contributed by atoms with E-state index in [0.717, 1.165) is 61.0 Å². The summed E-state index contributed by atoms with van der Waals surface area (Å²) in [6.07, 6.45) is 23.7. The quantitative estimate of drug-likeness (QED) is 0.0459. The number of aromatic nitrogens is 2. The molecule has 0 unspecified atom stereocenters. The Kier molecular flexibility index (Phi) is 17.4. The molecule has 0 spiro atoms. The minimum Gasteiger partial charge on any atom is -0.493 e. The molecule has 2 aromatic heterocycles. The number of aryl methyl sites for hydroxylation is 2. The van der Waals surface area contributed by atoms with Crippen LogP contribution in [0.4, 0.5) is 11.4 Å². The van der Waals surface area contributed by atoms with Crippen molar-refractivity contribution in [1.29, 1.82) is 0 Å². The highest BCUT2D eigenvalue weighted by Crippen LogP contribution is 2.31. The summed E-state index contributed by atoms with van der Waals surface area (Å²) in [7, 11) is 4.02. The third kappa shape index (κ3) is 13.8. The van der Waals surface area contributed by atoms with E-state index in [4.69, 9.17) is 18.9 Å². The van der Waals surface area contributed by atoms with Crippen molar-refractivity contribution in [1.82, 2.24) is 0 Å². The van der Waals surface area contributed by atoms with E-state index in [1.165, 1.54) is 23.5 Å². The van der Waals surface area contributed by atoms with Gasteiger partial charge < -0.3 is 39.0 Å². The van der Waals surface area contributed by atoms with Crippen molar-refractivity contribution < 1.29 is 47.9 Å². The van der Waals surface area contributed by atoms with Gasteiger partial charge in [0.05, 0.1) is 38.5 Å². The first-order valence-corrected chi connectivity index (χ1v) is 23.3. The second-order valence-electron chi connectivity index (χ2n) is 17.1. The molecule has 0 amide bonds. The molecular weight excluding hydrogens is 833 g/mol. The Hall–Kier alpha value is -6.50. The standard InChI is InChI=1S/C54H62N4O8/c1-55-29-23-43(24-30-55)13-11-41-15-19-45(20-16-41)57-27-7-9-47(57)39-63-33-3-5-35-65-51-37-50(54(61)62)52(38-49(51)53(59)60)66-36-6-4-34-64-40-48-10-8-28-58(48)46-21-17-42(18-22-46)12-14-44-25-31-56(2)32-26-44/h11-26,29-32,37-38,47-48H,3-10,27-28,33-36,39-40H2,1-2H3/p+2/t47-,48-/m0/s1. The third-order valence-corrected chi connectivity index (χ3v) is 12.2. The maximum absolute atomic E-state index is 12.2. The van der Waals surface area contributed by atoms with Crippen molar-refractivity contribution in [2.24, 2.45) is 14.1 Å². The van der Waals surface area contributed by atoms with Gasteiger partial charge in [-0.1, -0.05) is 48.6 Å². The van der Waals surface area contributed by atoms with Gasteiger partial charge in [0, 0.05) is 61.9 Å². The zero-order valence-electron chi connectivity index (χ0n) is 38.3. The van der Waals surface area contributed by atoms with Crippen LogP contribution in [0.1, 0.15) is 94.3 Å². The smallest absolute Gasteiger partial charge is 0.339 e. The number of ether oxygens (including phenoxy) is 4. The summed E-state index contributed by atoms with van der Waals surface area (Å²) in [6.45, 7) is 4.75. The van der Waals surface area contributed by atoms with Crippen LogP contribution in [0.15, 0.2) is 110 Å². The van der Waals surface area contributed by atoms with Crippen LogP contribution < -0.4 is 28.4 Å². The molecule has 2 fully saturated rings. The molecule has 3 aromatic carbocycles. The zero-order valence-corrected chi connectivity index (χ0v) is 38.3. The second kappa shape index (κ2) is 24.1. The lowest BCUT2D eigenvalue weighted by Crippen LogP contribution is -2.33. The number of rotatable bonds is 24. The van der Waals surface area contributed by atoms with Crippen molar-refractivity contribution in [3.8, 4) is 11.5 Å². The Labute approximate surface area is 389 Å². The van der Waals surface area contributed by atoms with Gasteiger partial charge in [-0.15, -0.1) is 0 Å². The summed E-state index contributed by atoms with van der Waals surface area (Å²) in [4.78, 5) is 29.3. The van der Waals surface area contributed by atoms with Gasteiger partial charge in [-0.3, -0.25) is 0 Å². The van der Waals surface area contributed by atoms with E-state index in [2.05, 4.69) is 107 Å². The summed E-state index contributed by atoms with van der Waals surface area (Å²) in [5.41, 5.74) is 6.72. The highest BCUT2D eigenvalue weighted by Gasteiger charge is 2.26. The number of benzene rings is 3. The Morgan fingerprint density at radius 2 is 0.894 bits per heavy atom. The average Bonchev–Trinajstić information content (AvgIpc) is 4.01. The number of pyridine rings is 2.